The Morgan fingerprint density at radius 2 is 2.04 bits per heavy atom. The molecule has 6 heteroatoms. The highest BCUT2D eigenvalue weighted by Crippen LogP contribution is 2.20. The Balaban J connectivity index is 1.97. The molecule has 6 nitrogen and oxygen atoms in total. The first kappa shape index (κ1) is 18.0. The second-order valence-corrected chi connectivity index (χ2v) is 5.94. The van der Waals surface area contributed by atoms with Gasteiger partial charge < -0.3 is 16.1 Å². The van der Waals surface area contributed by atoms with E-state index in [1.807, 2.05) is 24.3 Å². The zero-order valence-electron chi connectivity index (χ0n) is 14.2. The van der Waals surface area contributed by atoms with E-state index in [0.717, 1.165) is 49.7 Å². The van der Waals surface area contributed by atoms with Crippen molar-refractivity contribution in [3.05, 3.63) is 48.5 Å². The molecule has 1 aliphatic rings. The Morgan fingerprint density at radius 1 is 1.25 bits per heavy atom. The number of allylic oxidation sites excluding steroid dienone is 5. The maximum Gasteiger partial charge on any atom is 0.145 e. The molecule has 1 saturated heterocycles. The molecular formula is C18H28N6. The largest absolute Gasteiger partial charge is 0.402 e. The van der Waals surface area contributed by atoms with Gasteiger partial charge in [0, 0.05) is 31.3 Å². The van der Waals surface area contributed by atoms with E-state index in [4.69, 9.17) is 16.6 Å². The van der Waals surface area contributed by atoms with Crippen LogP contribution in [0.15, 0.2) is 42.6 Å². The van der Waals surface area contributed by atoms with Crippen LogP contribution >= 0.6 is 0 Å². The lowest BCUT2D eigenvalue weighted by Gasteiger charge is -2.28. The summed E-state index contributed by atoms with van der Waals surface area (Å²) in [4.78, 5) is 11.5. The van der Waals surface area contributed by atoms with Crippen molar-refractivity contribution in [3.8, 4) is 0 Å². The van der Waals surface area contributed by atoms with Crippen molar-refractivity contribution in [2.75, 3.05) is 23.4 Å². The first-order valence-corrected chi connectivity index (χ1v) is 8.56. The summed E-state index contributed by atoms with van der Waals surface area (Å²) in [7, 11) is 0. The molecule has 5 N–H and O–H groups in total. The van der Waals surface area contributed by atoms with Crippen molar-refractivity contribution >= 4 is 11.6 Å². The van der Waals surface area contributed by atoms with Crippen LogP contribution in [0.2, 0.25) is 0 Å². The number of aryl methyl sites for hydroxylation is 1. The minimum atomic E-state index is 0.665. The molecule has 24 heavy (non-hydrogen) atoms. The molecule has 1 fully saturated rings. The van der Waals surface area contributed by atoms with Gasteiger partial charge in [-0.2, -0.15) is 0 Å². The third kappa shape index (κ3) is 5.70. The molecule has 2 rings (SSSR count). The lowest BCUT2D eigenvalue weighted by atomic mass is 10.1. The van der Waals surface area contributed by atoms with Gasteiger partial charge in [0.2, 0.25) is 0 Å². The fraction of sp³-hybridized carbons (Fsp3) is 0.444. The van der Waals surface area contributed by atoms with Crippen LogP contribution in [0, 0.1) is 0 Å². The van der Waals surface area contributed by atoms with Crippen molar-refractivity contribution in [1.29, 1.82) is 0 Å². The fourth-order valence-electron chi connectivity index (χ4n) is 2.75. The molecule has 2 heterocycles. The van der Waals surface area contributed by atoms with Crippen LogP contribution in [0.1, 0.15) is 37.9 Å². The van der Waals surface area contributed by atoms with Gasteiger partial charge in [-0.1, -0.05) is 24.8 Å². The predicted molar refractivity (Wildman–Crippen MR) is 100 cm³/mol. The number of nitrogens with zero attached hydrogens (tertiary/aromatic N) is 3. The van der Waals surface area contributed by atoms with Crippen molar-refractivity contribution in [1.82, 2.24) is 9.97 Å². The molecule has 0 amide bonds. The van der Waals surface area contributed by atoms with Crippen LogP contribution < -0.4 is 21.9 Å². The van der Waals surface area contributed by atoms with Crippen LogP contribution in [-0.2, 0) is 6.42 Å². The highest BCUT2D eigenvalue weighted by atomic mass is 15.3. The summed E-state index contributed by atoms with van der Waals surface area (Å²) in [5.41, 5.74) is 9.47. The Labute approximate surface area is 144 Å². The molecule has 0 saturated carbocycles. The summed E-state index contributed by atoms with van der Waals surface area (Å²) < 4.78 is 0. The number of piperidine rings is 1. The van der Waals surface area contributed by atoms with Gasteiger partial charge >= 0.3 is 0 Å². The number of hydrogen-bond donors (Lipinski definition) is 3. The third-order valence-electron chi connectivity index (χ3n) is 4.01. The second-order valence-electron chi connectivity index (χ2n) is 5.94. The summed E-state index contributed by atoms with van der Waals surface area (Å²) in [6.07, 6.45) is 13.6. The van der Waals surface area contributed by atoms with Gasteiger partial charge in [0.25, 0.3) is 0 Å². The molecule has 0 atom stereocenters. The average Bonchev–Trinajstić information content (AvgIpc) is 2.62. The maximum absolute atomic E-state index is 5.98. The summed E-state index contributed by atoms with van der Waals surface area (Å²) in [5.74, 6) is 7.99. The number of anilines is 2. The van der Waals surface area contributed by atoms with Crippen molar-refractivity contribution < 1.29 is 0 Å². The molecule has 0 radical (unpaired) electrons. The number of nitrogens with two attached hydrogens (primary N) is 2. The smallest absolute Gasteiger partial charge is 0.145 e. The van der Waals surface area contributed by atoms with Gasteiger partial charge in [-0.25, -0.2) is 15.8 Å². The molecule has 0 aromatic carbocycles. The first-order chi connectivity index (χ1) is 11.7. The zero-order chi connectivity index (χ0) is 17.2. The van der Waals surface area contributed by atoms with Gasteiger partial charge in [-0.05, 0) is 38.2 Å². The van der Waals surface area contributed by atoms with E-state index in [0.29, 0.717) is 5.82 Å². The molecule has 0 bridgehead atoms. The lowest BCUT2D eigenvalue weighted by molar-refractivity contribution is 0.571. The summed E-state index contributed by atoms with van der Waals surface area (Å²) in [6.45, 7) is 5.72. The van der Waals surface area contributed by atoms with E-state index in [1.165, 1.54) is 19.3 Å². The number of aromatic nitrogens is 2. The molecule has 0 aliphatic carbocycles. The average molecular weight is 328 g/mol. The highest BCUT2D eigenvalue weighted by Gasteiger charge is 2.14. The van der Waals surface area contributed by atoms with Crippen LogP contribution in [-0.4, -0.2) is 23.1 Å². The Morgan fingerprint density at radius 3 is 2.75 bits per heavy atom. The van der Waals surface area contributed by atoms with Crippen molar-refractivity contribution in [2.24, 2.45) is 11.6 Å². The van der Waals surface area contributed by atoms with E-state index in [2.05, 4.69) is 21.9 Å². The second kappa shape index (κ2) is 9.72. The lowest BCUT2D eigenvalue weighted by Crippen LogP contribution is -2.30. The number of nitrogen functional groups attached to an aromatic ring is 1. The van der Waals surface area contributed by atoms with Gasteiger partial charge in [0.05, 0.1) is 0 Å². The number of hydrogen-bond acceptors (Lipinski definition) is 6. The van der Waals surface area contributed by atoms with Crippen LogP contribution in [0.25, 0.3) is 0 Å². The quantitative estimate of drug-likeness (QED) is 0.386. The van der Waals surface area contributed by atoms with Gasteiger partial charge in [-0.15, -0.1) is 0 Å². The number of nitrogens with one attached hydrogen (secondary N) is 1. The van der Waals surface area contributed by atoms with E-state index < -0.39 is 0 Å². The first-order valence-electron chi connectivity index (χ1n) is 8.56. The van der Waals surface area contributed by atoms with Crippen molar-refractivity contribution in [2.45, 2.75) is 38.5 Å². The number of hydrazine groups is 1. The molecule has 1 aromatic rings. The Hall–Kier alpha value is -2.34. The van der Waals surface area contributed by atoms with E-state index >= 15 is 0 Å². The SMILES string of the molecule is C=C/C=C\C=C(/N)CCCc1nc(NN)cc(N2CCCCC2)n1. The minimum absolute atomic E-state index is 0.665. The van der Waals surface area contributed by atoms with E-state index in [9.17, 15) is 0 Å². The minimum Gasteiger partial charge on any atom is -0.402 e. The molecule has 1 aromatic heterocycles. The fourth-order valence-corrected chi connectivity index (χ4v) is 2.75. The zero-order valence-corrected chi connectivity index (χ0v) is 14.2. The maximum atomic E-state index is 5.98. The Kier molecular flexibility index (Phi) is 7.29. The van der Waals surface area contributed by atoms with Gasteiger partial charge in [0.1, 0.15) is 17.5 Å². The van der Waals surface area contributed by atoms with E-state index in [1.54, 1.807) is 6.08 Å². The Bertz CT molecular complexity index is 587. The van der Waals surface area contributed by atoms with Crippen molar-refractivity contribution in [3.63, 3.8) is 0 Å². The molecule has 130 valence electrons. The third-order valence-corrected chi connectivity index (χ3v) is 4.01. The highest BCUT2D eigenvalue weighted by molar-refractivity contribution is 5.49. The van der Waals surface area contributed by atoms with Gasteiger partial charge in [0.15, 0.2) is 0 Å². The van der Waals surface area contributed by atoms with Crippen LogP contribution in [0.5, 0.6) is 0 Å². The molecule has 0 spiro atoms. The standard InChI is InChI=1S/C18H28N6/c1-2-3-5-9-15(19)10-8-11-16-21-17(23-20)14-18(22-16)24-12-6-4-7-13-24/h2-3,5,9,14H,1,4,6-8,10-13,19-20H2,(H,21,22,23)/b5-3-,15-9-. The van der Waals surface area contributed by atoms with Crippen LogP contribution in [0.3, 0.4) is 0 Å². The summed E-state index contributed by atoms with van der Waals surface area (Å²) >= 11 is 0. The van der Waals surface area contributed by atoms with Gasteiger partial charge in [-0.3, -0.25) is 0 Å². The predicted octanol–water partition coefficient (Wildman–Crippen LogP) is 2.66. The normalized spacial score (nSPS) is 15.7. The molecular weight excluding hydrogens is 300 g/mol. The monoisotopic (exact) mass is 328 g/mol. The molecule has 0 unspecified atom stereocenters. The van der Waals surface area contributed by atoms with Crippen LogP contribution in [0.4, 0.5) is 11.6 Å². The van der Waals surface area contributed by atoms with E-state index in [-0.39, 0.29) is 0 Å². The summed E-state index contributed by atoms with van der Waals surface area (Å²) in [6, 6.07) is 1.92. The number of rotatable bonds is 8. The molecule has 1 aliphatic heterocycles. The topological polar surface area (TPSA) is 93.1 Å². The summed E-state index contributed by atoms with van der Waals surface area (Å²) in [5, 5.41) is 0.